The molecule has 2 heterocycles. The van der Waals surface area contributed by atoms with Crippen molar-refractivity contribution in [2.24, 2.45) is 0 Å². The molecule has 3 amide bonds. The number of urea groups is 1. The Morgan fingerprint density at radius 3 is 2.79 bits per heavy atom. The molecular formula is C20H26N4O3S. The first-order chi connectivity index (χ1) is 13.5. The summed E-state index contributed by atoms with van der Waals surface area (Å²) in [5.74, 6) is 0.393. The Hall–Kier alpha value is -2.58. The summed E-state index contributed by atoms with van der Waals surface area (Å²) < 4.78 is 5.53. The van der Waals surface area contributed by atoms with Crippen molar-refractivity contribution in [2.75, 3.05) is 30.3 Å². The number of fused-ring (bicyclic) bond motifs is 1. The molecule has 7 nitrogen and oxygen atoms in total. The highest BCUT2D eigenvalue weighted by Crippen LogP contribution is 2.32. The third kappa shape index (κ3) is 4.63. The standard InChI is InChI=1S/C20H26N4O3S/c1-4-24(5-2)17(14-8-9-28-12-14)11-21-20(26)22-15-6-7-18-16(10-15)23-19(25)13(3)27-18/h6-10,12-13,17H,4-5,11H2,1-3H3,(H,23,25)(H2,21,22,26)/t13-,17-/m1/s1. The summed E-state index contributed by atoms with van der Waals surface area (Å²) in [7, 11) is 0. The highest BCUT2D eigenvalue weighted by molar-refractivity contribution is 7.08. The second kappa shape index (κ2) is 9.07. The molecule has 0 spiro atoms. The lowest BCUT2D eigenvalue weighted by Gasteiger charge is -2.29. The van der Waals surface area contributed by atoms with Gasteiger partial charge in [0.25, 0.3) is 5.91 Å². The van der Waals surface area contributed by atoms with Crippen LogP contribution in [0, 0.1) is 0 Å². The SMILES string of the molecule is CCN(CC)[C@H](CNC(=O)Nc1ccc2c(c1)NC(=O)[C@@H](C)O2)c1ccsc1. The summed E-state index contributed by atoms with van der Waals surface area (Å²) >= 11 is 1.66. The Labute approximate surface area is 169 Å². The quantitative estimate of drug-likeness (QED) is 0.660. The molecule has 2 aromatic rings. The molecule has 0 aliphatic carbocycles. The molecule has 150 valence electrons. The zero-order valence-corrected chi connectivity index (χ0v) is 17.1. The molecule has 28 heavy (non-hydrogen) atoms. The maximum absolute atomic E-state index is 12.4. The van der Waals surface area contributed by atoms with Gasteiger partial charge in [0.2, 0.25) is 0 Å². The molecule has 0 saturated carbocycles. The van der Waals surface area contributed by atoms with Crippen LogP contribution in [-0.4, -0.2) is 42.6 Å². The molecule has 0 bridgehead atoms. The van der Waals surface area contributed by atoms with Gasteiger partial charge in [-0.1, -0.05) is 13.8 Å². The average molecular weight is 403 g/mol. The van der Waals surface area contributed by atoms with Gasteiger partial charge in [-0.2, -0.15) is 11.3 Å². The van der Waals surface area contributed by atoms with Gasteiger partial charge in [-0.15, -0.1) is 0 Å². The maximum atomic E-state index is 12.4. The van der Waals surface area contributed by atoms with Crippen molar-refractivity contribution in [2.45, 2.75) is 32.9 Å². The summed E-state index contributed by atoms with van der Waals surface area (Å²) in [4.78, 5) is 26.5. The van der Waals surface area contributed by atoms with E-state index in [0.29, 0.717) is 23.7 Å². The molecule has 1 aliphatic heterocycles. The highest BCUT2D eigenvalue weighted by Gasteiger charge is 2.24. The monoisotopic (exact) mass is 402 g/mol. The minimum absolute atomic E-state index is 0.129. The number of hydrogen-bond donors (Lipinski definition) is 3. The average Bonchev–Trinajstić information content (AvgIpc) is 3.20. The van der Waals surface area contributed by atoms with E-state index in [2.05, 4.69) is 51.5 Å². The number of nitrogens with zero attached hydrogens (tertiary/aromatic N) is 1. The van der Waals surface area contributed by atoms with Crippen molar-refractivity contribution in [3.05, 3.63) is 40.6 Å². The zero-order chi connectivity index (χ0) is 20.1. The summed E-state index contributed by atoms with van der Waals surface area (Å²) in [6.07, 6.45) is -0.524. The van der Waals surface area contributed by atoms with Gasteiger partial charge in [0.05, 0.1) is 11.7 Å². The fourth-order valence-electron chi connectivity index (χ4n) is 3.24. The van der Waals surface area contributed by atoms with Gasteiger partial charge in [0, 0.05) is 12.2 Å². The topological polar surface area (TPSA) is 82.7 Å². The Kier molecular flexibility index (Phi) is 6.53. The van der Waals surface area contributed by atoms with Crippen molar-refractivity contribution in [3.63, 3.8) is 0 Å². The molecule has 1 aromatic carbocycles. The summed E-state index contributed by atoms with van der Waals surface area (Å²) in [5.41, 5.74) is 2.35. The van der Waals surface area contributed by atoms with Crippen LogP contribution in [-0.2, 0) is 4.79 Å². The van der Waals surface area contributed by atoms with E-state index in [4.69, 9.17) is 4.74 Å². The number of hydrogen-bond acceptors (Lipinski definition) is 5. The molecule has 1 aromatic heterocycles. The van der Waals surface area contributed by atoms with E-state index in [0.717, 1.165) is 13.1 Å². The molecule has 3 N–H and O–H groups in total. The first kappa shape index (κ1) is 20.2. The molecule has 8 heteroatoms. The van der Waals surface area contributed by atoms with E-state index in [1.807, 2.05) is 0 Å². The van der Waals surface area contributed by atoms with Crippen LogP contribution in [0.5, 0.6) is 5.75 Å². The molecule has 1 aliphatic rings. The number of anilines is 2. The smallest absolute Gasteiger partial charge is 0.319 e. The van der Waals surface area contributed by atoms with Crippen LogP contribution in [0.3, 0.4) is 0 Å². The van der Waals surface area contributed by atoms with Gasteiger partial charge in [0.1, 0.15) is 5.75 Å². The van der Waals surface area contributed by atoms with Crippen LogP contribution < -0.4 is 20.7 Å². The predicted octanol–water partition coefficient (Wildman–Crippen LogP) is 3.67. The molecule has 0 unspecified atom stereocenters. The Bertz CT molecular complexity index is 821. The van der Waals surface area contributed by atoms with Crippen LogP contribution in [0.4, 0.5) is 16.2 Å². The van der Waals surface area contributed by atoms with Crippen LogP contribution in [0.25, 0.3) is 0 Å². The first-order valence-electron chi connectivity index (χ1n) is 9.44. The summed E-state index contributed by atoms with van der Waals surface area (Å²) in [6, 6.07) is 7.13. The Balaban J connectivity index is 1.62. The van der Waals surface area contributed by atoms with E-state index >= 15 is 0 Å². The molecule has 0 saturated heterocycles. The molecule has 2 atom stereocenters. The molecule has 3 rings (SSSR count). The normalized spacial score (nSPS) is 16.7. The largest absolute Gasteiger partial charge is 0.479 e. The van der Waals surface area contributed by atoms with Gasteiger partial charge < -0.3 is 20.7 Å². The van der Waals surface area contributed by atoms with Crippen LogP contribution >= 0.6 is 11.3 Å². The summed E-state index contributed by atoms with van der Waals surface area (Å²) in [5, 5.41) is 12.7. The number of carbonyl (C=O) groups excluding carboxylic acids is 2. The highest BCUT2D eigenvalue weighted by atomic mass is 32.1. The Morgan fingerprint density at radius 2 is 2.11 bits per heavy atom. The van der Waals surface area contributed by atoms with Crippen molar-refractivity contribution < 1.29 is 14.3 Å². The Morgan fingerprint density at radius 1 is 1.32 bits per heavy atom. The summed E-state index contributed by atoms with van der Waals surface area (Å²) in [6.45, 7) is 8.25. The van der Waals surface area contributed by atoms with Gasteiger partial charge in [-0.05, 0) is 60.6 Å². The third-order valence-electron chi connectivity index (χ3n) is 4.81. The van der Waals surface area contributed by atoms with Crippen molar-refractivity contribution in [3.8, 4) is 5.75 Å². The van der Waals surface area contributed by atoms with Crippen molar-refractivity contribution in [1.29, 1.82) is 0 Å². The number of carbonyl (C=O) groups is 2. The van der Waals surface area contributed by atoms with E-state index in [-0.39, 0.29) is 18.0 Å². The van der Waals surface area contributed by atoms with Crippen molar-refractivity contribution >= 4 is 34.6 Å². The number of thiophene rings is 1. The zero-order valence-electron chi connectivity index (χ0n) is 16.3. The van der Waals surface area contributed by atoms with Crippen LogP contribution in [0.15, 0.2) is 35.0 Å². The van der Waals surface area contributed by atoms with Gasteiger partial charge >= 0.3 is 6.03 Å². The van der Waals surface area contributed by atoms with Crippen molar-refractivity contribution in [1.82, 2.24) is 10.2 Å². The van der Waals surface area contributed by atoms with E-state index in [1.165, 1.54) is 5.56 Å². The van der Waals surface area contributed by atoms with E-state index < -0.39 is 6.10 Å². The molecule has 0 fully saturated rings. The second-order valence-electron chi connectivity index (χ2n) is 6.59. The number of amides is 3. The maximum Gasteiger partial charge on any atom is 0.319 e. The van der Waals surface area contributed by atoms with Crippen LogP contribution in [0.2, 0.25) is 0 Å². The lowest BCUT2D eigenvalue weighted by molar-refractivity contribution is -0.122. The lowest BCUT2D eigenvalue weighted by atomic mass is 10.1. The fraction of sp³-hybridized carbons (Fsp3) is 0.400. The van der Waals surface area contributed by atoms with Gasteiger partial charge in [0.15, 0.2) is 6.10 Å². The van der Waals surface area contributed by atoms with Gasteiger partial charge in [-0.3, -0.25) is 9.69 Å². The number of nitrogens with one attached hydrogen (secondary N) is 3. The van der Waals surface area contributed by atoms with Crippen LogP contribution in [0.1, 0.15) is 32.4 Å². The third-order valence-corrected chi connectivity index (χ3v) is 5.51. The fourth-order valence-corrected chi connectivity index (χ4v) is 3.94. The number of ether oxygens (including phenoxy) is 1. The molecular weight excluding hydrogens is 376 g/mol. The van der Waals surface area contributed by atoms with E-state index in [9.17, 15) is 9.59 Å². The minimum atomic E-state index is -0.524. The van der Waals surface area contributed by atoms with Gasteiger partial charge in [-0.25, -0.2) is 4.79 Å². The number of benzene rings is 1. The lowest BCUT2D eigenvalue weighted by Crippen LogP contribution is -2.39. The first-order valence-corrected chi connectivity index (χ1v) is 10.4. The number of likely N-dealkylation sites (N-methyl/N-ethyl adjacent to an activating group) is 1. The van der Waals surface area contributed by atoms with E-state index in [1.54, 1.807) is 36.5 Å². The minimum Gasteiger partial charge on any atom is -0.479 e. The molecule has 0 radical (unpaired) electrons. The predicted molar refractivity (Wildman–Crippen MR) is 112 cm³/mol. The number of rotatable bonds is 7. The second-order valence-corrected chi connectivity index (χ2v) is 7.37.